The number of benzene rings is 1. The lowest BCUT2D eigenvalue weighted by Gasteiger charge is -2.32. The molecule has 0 bridgehead atoms. The van der Waals surface area contributed by atoms with Crippen LogP contribution in [0.1, 0.15) is 44.9 Å². The zero-order valence-electron chi connectivity index (χ0n) is 15.6. The number of hydrogen-bond donors (Lipinski definition) is 1. The van der Waals surface area contributed by atoms with Crippen molar-refractivity contribution in [3.8, 4) is 0 Å². The van der Waals surface area contributed by atoms with Gasteiger partial charge in [-0.05, 0) is 37.8 Å². The van der Waals surface area contributed by atoms with Gasteiger partial charge in [-0.1, -0.05) is 37.5 Å². The van der Waals surface area contributed by atoms with E-state index in [4.69, 9.17) is 0 Å². The second-order valence-corrected chi connectivity index (χ2v) is 9.11. The second kappa shape index (κ2) is 8.48. The summed E-state index contributed by atoms with van der Waals surface area (Å²) in [6, 6.07) is 10.0. The normalized spacial score (nSPS) is 23.2. The largest absolute Gasteiger partial charge is 0.353 e. The molecule has 1 saturated carbocycles. The summed E-state index contributed by atoms with van der Waals surface area (Å²) in [7, 11) is -1.30. The number of pyridine rings is 1. The second-order valence-electron chi connectivity index (χ2n) is 7.65. The Labute approximate surface area is 163 Å². The zero-order chi connectivity index (χ0) is 18.6. The van der Waals surface area contributed by atoms with Crippen molar-refractivity contribution in [1.82, 2.24) is 14.6 Å². The predicted octanol–water partition coefficient (Wildman–Crippen LogP) is 3.42. The van der Waals surface area contributed by atoms with Crippen molar-refractivity contribution in [2.45, 2.75) is 55.9 Å². The molecule has 2 unspecified atom stereocenters. The maximum Gasteiger partial charge on any atom is 0.224 e. The Morgan fingerprint density at radius 1 is 1.07 bits per heavy atom. The molecule has 1 aromatic heterocycles. The molecule has 0 radical (unpaired) electrons. The molecule has 5 nitrogen and oxygen atoms in total. The Bertz CT molecular complexity index is 830. The van der Waals surface area contributed by atoms with Gasteiger partial charge in [-0.3, -0.25) is 9.78 Å². The monoisotopic (exact) mass is 385 g/mol. The van der Waals surface area contributed by atoms with Crippen molar-refractivity contribution in [2.24, 2.45) is 5.92 Å². The van der Waals surface area contributed by atoms with Gasteiger partial charge in [-0.2, -0.15) is 0 Å². The van der Waals surface area contributed by atoms with Crippen LogP contribution in [-0.4, -0.2) is 38.5 Å². The fourth-order valence-corrected chi connectivity index (χ4v) is 5.65. The lowest BCUT2D eigenvalue weighted by atomic mass is 9.93. The molecular weight excluding hydrogens is 358 g/mol. The van der Waals surface area contributed by atoms with Gasteiger partial charge in [0.1, 0.15) is 11.0 Å². The smallest absolute Gasteiger partial charge is 0.224 e. The Morgan fingerprint density at radius 2 is 1.89 bits per heavy atom. The van der Waals surface area contributed by atoms with Crippen LogP contribution >= 0.6 is 0 Å². The lowest BCUT2D eigenvalue weighted by molar-refractivity contribution is -0.127. The number of nitrogens with zero attached hydrogens (tertiary/aromatic N) is 2. The number of para-hydroxylation sites is 1. The third-order valence-electron chi connectivity index (χ3n) is 5.72. The van der Waals surface area contributed by atoms with Crippen LogP contribution in [0.2, 0.25) is 0 Å². The molecule has 2 heterocycles. The molecule has 2 aliphatic rings. The summed E-state index contributed by atoms with van der Waals surface area (Å²) < 4.78 is 15.2. The highest BCUT2D eigenvalue weighted by molar-refractivity contribution is 7.83. The fourth-order valence-electron chi connectivity index (χ4n) is 4.23. The predicted molar refractivity (Wildman–Crippen MR) is 107 cm³/mol. The van der Waals surface area contributed by atoms with Crippen molar-refractivity contribution in [1.29, 1.82) is 0 Å². The average Bonchev–Trinajstić information content (AvgIpc) is 2.73. The zero-order valence-corrected chi connectivity index (χ0v) is 16.4. The number of aromatic nitrogens is 1. The van der Waals surface area contributed by atoms with E-state index in [1.807, 2.05) is 34.6 Å². The fraction of sp³-hybridized carbons (Fsp3) is 0.524. The number of piperidine rings is 1. The highest BCUT2D eigenvalue weighted by atomic mass is 32.2. The standard InChI is InChI=1S/C21H27N3O2S/c25-21(23-18-10-2-1-3-11-18)17-9-6-14-24(15-17)27(26)19-12-4-7-16-8-5-13-22-20(16)19/h4-5,7-8,12-13,17-18H,1-3,6,9-11,14-15H2,(H,23,25). The van der Waals surface area contributed by atoms with E-state index in [0.717, 1.165) is 48.0 Å². The van der Waals surface area contributed by atoms with Gasteiger partial charge in [0.2, 0.25) is 5.91 Å². The maximum atomic E-state index is 13.2. The van der Waals surface area contributed by atoms with Gasteiger partial charge < -0.3 is 5.32 Å². The highest BCUT2D eigenvalue weighted by Crippen LogP contribution is 2.26. The Hall–Kier alpha value is -1.79. The van der Waals surface area contributed by atoms with Crippen LogP contribution in [0.5, 0.6) is 0 Å². The number of amides is 1. The van der Waals surface area contributed by atoms with Crippen LogP contribution in [0.3, 0.4) is 0 Å². The van der Waals surface area contributed by atoms with Gasteiger partial charge in [0.15, 0.2) is 0 Å². The molecule has 2 fully saturated rings. The number of carbonyl (C=O) groups is 1. The number of hydrogen-bond acceptors (Lipinski definition) is 3. The van der Waals surface area contributed by atoms with Gasteiger partial charge in [0.25, 0.3) is 0 Å². The van der Waals surface area contributed by atoms with Crippen molar-refractivity contribution < 1.29 is 9.00 Å². The van der Waals surface area contributed by atoms with E-state index in [0.29, 0.717) is 12.6 Å². The molecule has 0 spiro atoms. The van der Waals surface area contributed by atoms with E-state index in [1.165, 1.54) is 19.3 Å². The molecule has 2 atom stereocenters. The molecule has 1 aliphatic heterocycles. The van der Waals surface area contributed by atoms with Gasteiger partial charge in [-0.25, -0.2) is 8.51 Å². The molecule has 1 saturated heterocycles. The quantitative estimate of drug-likeness (QED) is 0.877. The first-order valence-electron chi connectivity index (χ1n) is 10.0. The summed E-state index contributed by atoms with van der Waals surface area (Å²) in [5.74, 6) is 0.0622. The molecule has 144 valence electrons. The van der Waals surface area contributed by atoms with E-state index >= 15 is 0 Å². The number of carbonyl (C=O) groups excluding carboxylic acids is 1. The van der Waals surface area contributed by atoms with E-state index in [2.05, 4.69) is 10.3 Å². The van der Waals surface area contributed by atoms with Gasteiger partial charge in [0.05, 0.1) is 16.3 Å². The lowest BCUT2D eigenvalue weighted by Crippen LogP contribution is -2.46. The molecule has 1 N–H and O–H groups in total. The van der Waals surface area contributed by atoms with Crippen LogP contribution in [0, 0.1) is 5.92 Å². The summed E-state index contributed by atoms with van der Waals surface area (Å²) in [4.78, 5) is 17.9. The molecule has 1 aromatic carbocycles. The maximum absolute atomic E-state index is 13.2. The Balaban J connectivity index is 1.45. The van der Waals surface area contributed by atoms with Crippen molar-refractivity contribution in [2.75, 3.05) is 13.1 Å². The summed E-state index contributed by atoms with van der Waals surface area (Å²) in [5.41, 5.74) is 0.784. The third-order valence-corrected chi connectivity index (χ3v) is 7.23. The SMILES string of the molecule is O=C(NC1CCCCC1)C1CCCN(S(=O)c2cccc3cccnc23)C1. The third kappa shape index (κ3) is 4.22. The van der Waals surface area contributed by atoms with Gasteiger partial charge in [0, 0.05) is 30.7 Å². The van der Waals surface area contributed by atoms with E-state index < -0.39 is 11.0 Å². The van der Waals surface area contributed by atoms with Crippen LogP contribution in [0.4, 0.5) is 0 Å². The highest BCUT2D eigenvalue weighted by Gasteiger charge is 2.31. The van der Waals surface area contributed by atoms with Crippen molar-refractivity contribution >= 4 is 27.8 Å². The van der Waals surface area contributed by atoms with Crippen LogP contribution < -0.4 is 5.32 Å². The van der Waals surface area contributed by atoms with Gasteiger partial charge >= 0.3 is 0 Å². The molecule has 4 rings (SSSR count). The van der Waals surface area contributed by atoms with Crippen molar-refractivity contribution in [3.63, 3.8) is 0 Å². The molecular formula is C21H27N3O2S. The topological polar surface area (TPSA) is 62.3 Å². The van der Waals surface area contributed by atoms with E-state index in [1.54, 1.807) is 6.20 Å². The molecule has 6 heteroatoms. The van der Waals surface area contributed by atoms with Crippen molar-refractivity contribution in [3.05, 3.63) is 36.5 Å². The number of rotatable bonds is 4. The summed E-state index contributed by atoms with van der Waals surface area (Å²) in [5, 5.41) is 4.23. The number of nitrogens with one attached hydrogen (secondary N) is 1. The van der Waals surface area contributed by atoms with E-state index in [9.17, 15) is 9.00 Å². The van der Waals surface area contributed by atoms with Crippen LogP contribution in [-0.2, 0) is 15.8 Å². The molecule has 1 amide bonds. The first-order valence-corrected chi connectivity index (χ1v) is 11.1. The molecule has 1 aliphatic carbocycles. The molecule has 27 heavy (non-hydrogen) atoms. The number of fused-ring (bicyclic) bond motifs is 1. The minimum Gasteiger partial charge on any atom is -0.353 e. The Kier molecular flexibility index (Phi) is 5.83. The van der Waals surface area contributed by atoms with Crippen LogP contribution in [0.15, 0.2) is 41.4 Å². The first-order chi connectivity index (χ1) is 13.2. The van der Waals surface area contributed by atoms with Gasteiger partial charge in [-0.15, -0.1) is 0 Å². The summed E-state index contributed by atoms with van der Waals surface area (Å²) >= 11 is 0. The Morgan fingerprint density at radius 3 is 2.74 bits per heavy atom. The summed E-state index contributed by atoms with van der Waals surface area (Å²) in [6.45, 7) is 1.30. The van der Waals surface area contributed by atoms with Crippen LogP contribution in [0.25, 0.3) is 10.9 Å². The summed E-state index contributed by atoms with van der Waals surface area (Å²) in [6.07, 6.45) is 9.39. The average molecular weight is 386 g/mol. The van der Waals surface area contributed by atoms with E-state index in [-0.39, 0.29) is 11.8 Å². The molecule has 2 aromatic rings. The first kappa shape index (κ1) is 18.6. The minimum atomic E-state index is -1.30. The minimum absolute atomic E-state index is 0.0763.